The van der Waals surface area contributed by atoms with Crippen LogP contribution in [0.3, 0.4) is 0 Å². The third-order valence-corrected chi connectivity index (χ3v) is 5.64. The molecule has 176 valence electrons. The predicted octanol–water partition coefficient (Wildman–Crippen LogP) is 1.62. The topological polar surface area (TPSA) is 121 Å². The largest absolute Gasteiger partial charge is 0.396 e. The van der Waals surface area contributed by atoms with E-state index in [1.54, 1.807) is 4.90 Å². The third kappa shape index (κ3) is 5.61. The number of nitrogens with one attached hydrogen (secondary N) is 1. The molecule has 0 spiro atoms. The summed E-state index contributed by atoms with van der Waals surface area (Å²) in [6, 6.07) is 7.82. The molecular weight excluding hydrogens is 424 g/mol. The molecule has 2 fully saturated rings. The number of urea groups is 1. The number of carbonyl (C=O) groups excluding carboxylic acids is 1. The molecule has 2 aliphatic heterocycles. The zero-order valence-corrected chi connectivity index (χ0v) is 18.8. The Hall–Kier alpha value is -3.60. The van der Waals surface area contributed by atoms with E-state index >= 15 is 0 Å². The molecule has 1 aromatic heterocycles. The third-order valence-electron chi connectivity index (χ3n) is 5.64. The van der Waals surface area contributed by atoms with Crippen molar-refractivity contribution in [3.63, 3.8) is 0 Å². The molecule has 11 nitrogen and oxygen atoms in total. The van der Waals surface area contributed by atoms with Crippen LogP contribution in [0, 0.1) is 0 Å². The van der Waals surface area contributed by atoms with Crippen LogP contribution in [0.15, 0.2) is 35.7 Å². The molecule has 0 unspecified atom stereocenters. The molecule has 0 atom stereocenters. The van der Waals surface area contributed by atoms with Crippen LogP contribution in [0.4, 0.5) is 27.8 Å². The Labute approximate surface area is 193 Å². The predicted molar refractivity (Wildman–Crippen MR) is 128 cm³/mol. The normalized spacial score (nSPS) is 16.8. The van der Waals surface area contributed by atoms with Gasteiger partial charge in [-0.2, -0.15) is 0 Å². The number of rotatable bonds is 6. The van der Waals surface area contributed by atoms with Gasteiger partial charge in [-0.15, -0.1) is 0 Å². The van der Waals surface area contributed by atoms with Crippen LogP contribution in [0.5, 0.6) is 0 Å². The van der Waals surface area contributed by atoms with Crippen molar-refractivity contribution >= 4 is 35.3 Å². The number of morpholine rings is 1. The van der Waals surface area contributed by atoms with E-state index in [1.807, 2.05) is 31.2 Å². The summed E-state index contributed by atoms with van der Waals surface area (Å²) >= 11 is 0. The van der Waals surface area contributed by atoms with E-state index in [0.29, 0.717) is 50.0 Å². The highest BCUT2D eigenvalue weighted by Crippen LogP contribution is 2.22. The molecule has 4 rings (SSSR count). The number of nitrogen functional groups attached to an aromatic ring is 1. The molecule has 0 saturated carbocycles. The number of hydrogen-bond acceptors (Lipinski definition) is 9. The summed E-state index contributed by atoms with van der Waals surface area (Å²) in [5, 5.41) is 6.90. The number of aromatic nitrogens is 2. The van der Waals surface area contributed by atoms with Gasteiger partial charge in [0.25, 0.3) is 0 Å². The molecule has 2 aromatic rings. The van der Waals surface area contributed by atoms with E-state index in [0.717, 1.165) is 37.7 Å². The number of anilines is 4. The number of oxime groups is 1. The first-order valence-electron chi connectivity index (χ1n) is 11.1. The SMILES string of the molecule is CCO/N=C/c1c(N)ncnc1N1CCN(C(=O)Nc2ccc(N3CCOCC3)cc2)CC1. The maximum atomic E-state index is 12.8. The van der Waals surface area contributed by atoms with E-state index in [-0.39, 0.29) is 6.03 Å². The lowest BCUT2D eigenvalue weighted by Crippen LogP contribution is -2.50. The Bertz CT molecular complexity index is 955. The van der Waals surface area contributed by atoms with E-state index in [1.165, 1.54) is 12.5 Å². The quantitative estimate of drug-likeness (QED) is 0.499. The first-order valence-corrected chi connectivity index (χ1v) is 11.1. The fourth-order valence-corrected chi connectivity index (χ4v) is 3.84. The van der Waals surface area contributed by atoms with Crippen LogP contribution in [0.1, 0.15) is 12.5 Å². The van der Waals surface area contributed by atoms with Crippen LogP contribution < -0.4 is 20.9 Å². The molecule has 2 saturated heterocycles. The van der Waals surface area contributed by atoms with Gasteiger partial charge in [-0.25, -0.2) is 14.8 Å². The van der Waals surface area contributed by atoms with Crippen LogP contribution in [-0.4, -0.2) is 86.2 Å². The molecule has 3 heterocycles. The monoisotopic (exact) mass is 454 g/mol. The molecule has 2 aliphatic rings. The Morgan fingerprint density at radius 1 is 1.12 bits per heavy atom. The number of piperazine rings is 1. The molecule has 0 radical (unpaired) electrons. The van der Waals surface area contributed by atoms with Gasteiger partial charge in [-0.1, -0.05) is 5.16 Å². The lowest BCUT2D eigenvalue weighted by molar-refractivity contribution is 0.122. The second-order valence-corrected chi connectivity index (χ2v) is 7.70. The van der Waals surface area contributed by atoms with Crippen molar-refractivity contribution in [1.82, 2.24) is 14.9 Å². The molecule has 3 N–H and O–H groups in total. The summed E-state index contributed by atoms with van der Waals surface area (Å²) in [7, 11) is 0. The average molecular weight is 455 g/mol. The van der Waals surface area contributed by atoms with Gasteiger partial charge in [0, 0.05) is 50.6 Å². The van der Waals surface area contributed by atoms with E-state index in [9.17, 15) is 4.79 Å². The minimum Gasteiger partial charge on any atom is -0.396 e. The number of nitrogens with two attached hydrogens (primary N) is 1. The first kappa shape index (κ1) is 22.6. The fraction of sp³-hybridized carbons (Fsp3) is 0.455. The molecule has 0 bridgehead atoms. The Kier molecular flexibility index (Phi) is 7.40. The van der Waals surface area contributed by atoms with E-state index < -0.39 is 0 Å². The number of nitrogens with zero attached hydrogens (tertiary/aromatic N) is 6. The fourth-order valence-electron chi connectivity index (χ4n) is 3.84. The number of ether oxygens (including phenoxy) is 1. The molecule has 11 heteroatoms. The summed E-state index contributed by atoms with van der Waals surface area (Å²) in [4.78, 5) is 32.4. The van der Waals surface area contributed by atoms with Crippen LogP contribution in [0.25, 0.3) is 0 Å². The highest BCUT2D eigenvalue weighted by molar-refractivity contribution is 5.92. The lowest BCUT2D eigenvalue weighted by atomic mass is 10.2. The van der Waals surface area contributed by atoms with Gasteiger partial charge in [0.15, 0.2) is 0 Å². The summed E-state index contributed by atoms with van der Waals surface area (Å²) in [6.45, 7) is 7.92. The van der Waals surface area contributed by atoms with Crippen LogP contribution in [-0.2, 0) is 9.57 Å². The lowest BCUT2D eigenvalue weighted by Gasteiger charge is -2.36. The maximum Gasteiger partial charge on any atom is 0.321 e. The highest BCUT2D eigenvalue weighted by atomic mass is 16.6. The van der Waals surface area contributed by atoms with Gasteiger partial charge in [0.1, 0.15) is 24.6 Å². The number of carbonyl (C=O) groups is 1. The highest BCUT2D eigenvalue weighted by Gasteiger charge is 2.24. The van der Waals surface area contributed by atoms with Crippen molar-refractivity contribution in [1.29, 1.82) is 0 Å². The molecule has 33 heavy (non-hydrogen) atoms. The second kappa shape index (κ2) is 10.8. The second-order valence-electron chi connectivity index (χ2n) is 7.70. The van der Waals surface area contributed by atoms with Gasteiger partial charge in [-0.05, 0) is 31.2 Å². The minimum absolute atomic E-state index is 0.117. The van der Waals surface area contributed by atoms with E-state index in [4.69, 9.17) is 15.3 Å². The van der Waals surface area contributed by atoms with Crippen molar-refractivity contribution in [3.05, 3.63) is 36.2 Å². The summed E-state index contributed by atoms with van der Waals surface area (Å²) in [5.74, 6) is 1.02. The van der Waals surface area contributed by atoms with Gasteiger partial charge in [0.2, 0.25) is 0 Å². The summed E-state index contributed by atoms with van der Waals surface area (Å²) in [6.07, 6.45) is 2.97. The summed E-state index contributed by atoms with van der Waals surface area (Å²) < 4.78 is 5.40. The minimum atomic E-state index is -0.117. The van der Waals surface area contributed by atoms with Crippen molar-refractivity contribution in [2.75, 3.05) is 79.9 Å². The van der Waals surface area contributed by atoms with Crippen molar-refractivity contribution < 1.29 is 14.4 Å². The van der Waals surface area contributed by atoms with Crippen molar-refractivity contribution in [2.24, 2.45) is 5.16 Å². The standard InChI is InChI=1S/C22H30N8O3/c1-2-33-26-15-19-20(23)24-16-25-21(19)29-7-9-30(10-8-29)22(31)27-17-3-5-18(6-4-17)28-11-13-32-14-12-28/h3-6,15-16H,2,7-14H2,1H3,(H,27,31)(H2,23,24,25)/b26-15+. The average Bonchev–Trinajstić information content (AvgIpc) is 2.86. The van der Waals surface area contributed by atoms with Gasteiger partial charge < -0.3 is 35.3 Å². The van der Waals surface area contributed by atoms with Crippen molar-refractivity contribution in [3.8, 4) is 0 Å². The molecule has 2 amide bonds. The Morgan fingerprint density at radius 2 is 1.85 bits per heavy atom. The molecular formula is C22H30N8O3. The summed E-state index contributed by atoms with van der Waals surface area (Å²) in [5.41, 5.74) is 8.55. The number of hydrogen-bond donors (Lipinski definition) is 2. The van der Waals surface area contributed by atoms with Crippen molar-refractivity contribution in [2.45, 2.75) is 6.92 Å². The maximum absolute atomic E-state index is 12.8. The van der Waals surface area contributed by atoms with Gasteiger partial charge >= 0.3 is 6.03 Å². The Morgan fingerprint density at radius 3 is 2.55 bits per heavy atom. The zero-order valence-electron chi connectivity index (χ0n) is 18.8. The van der Waals surface area contributed by atoms with Crippen LogP contribution in [0.2, 0.25) is 0 Å². The molecule has 0 aliphatic carbocycles. The van der Waals surface area contributed by atoms with Gasteiger partial charge in [0.05, 0.1) is 25.0 Å². The first-order chi connectivity index (χ1) is 16.2. The van der Waals surface area contributed by atoms with Gasteiger partial charge in [-0.3, -0.25) is 0 Å². The molecule has 1 aromatic carbocycles. The Balaban J connectivity index is 1.33. The van der Waals surface area contributed by atoms with E-state index in [2.05, 4.69) is 30.2 Å². The number of benzene rings is 1. The van der Waals surface area contributed by atoms with Crippen LogP contribution >= 0.6 is 0 Å². The number of amides is 2. The zero-order chi connectivity index (χ0) is 23.0. The smallest absolute Gasteiger partial charge is 0.321 e.